The van der Waals surface area contributed by atoms with Crippen molar-refractivity contribution in [2.24, 2.45) is 5.92 Å². The Bertz CT molecular complexity index is 959. The summed E-state index contributed by atoms with van der Waals surface area (Å²) in [6.07, 6.45) is 1.87. The summed E-state index contributed by atoms with van der Waals surface area (Å²) in [6.45, 7) is 7.76. The molecule has 0 saturated heterocycles. The van der Waals surface area contributed by atoms with Crippen molar-refractivity contribution in [3.05, 3.63) is 59.9 Å². The molecule has 0 saturated carbocycles. The standard InChI is InChI=1S/C22H23N3O/c1-4-25-21-8-6-5-7-20(21)24-22(25)18(14-23)13-17-9-11-19(12-10-17)26-15-16(2)3/h5-13,16H,4,15H2,1-3H3/b18-13-. The molecular weight excluding hydrogens is 322 g/mol. The molecule has 2 aromatic carbocycles. The van der Waals surface area contributed by atoms with E-state index in [0.29, 0.717) is 23.9 Å². The van der Waals surface area contributed by atoms with E-state index in [1.807, 2.05) is 54.6 Å². The highest BCUT2D eigenvalue weighted by Crippen LogP contribution is 2.24. The van der Waals surface area contributed by atoms with Gasteiger partial charge in [-0.15, -0.1) is 0 Å². The Kier molecular flexibility index (Phi) is 5.38. The minimum atomic E-state index is 0.488. The summed E-state index contributed by atoms with van der Waals surface area (Å²) in [5, 5.41) is 9.69. The lowest BCUT2D eigenvalue weighted by atomic mass is 10.1. The monoisotopic (exact) mass is 345 g/mol. The van der Waals surface area contributed by atoms with Crippen LogP contribution in [-0.2, 0) is 6.54 Å². The van der Waals surface area contributed by atoms with Crippen LogP contribution in [0.2, 0.25) is 0 Å². The molecule has 0 unspecified atom stereocenters. The molecule has 0 atom stereocenters. The average molecular weight is 345 g/mol. The molecule has 4 nitrogen and oxygen atoms in total. The predicted molar refractivity (Wildman–Crippen MR) is 106 cm³/mol. The van der Waals surface area contributed by atoms with Gasteiger partial charge in [0, 0.05) is 6.54 Å². The summed E-state index contributed by atoms with van der Waals surface area (Å²) >= 11 is 0. The highest BCUT2D eigenvalue weighted by molar-refractivity contribution is 5.90. The number of hydrogen-bond donors (Lipinski definition) is 0. The van der Waals surface area contributed by atoms with E-state index in [-0.39, 0.29) is 0 Å². The second-order valence-electron chi connectivity index (χ2n) is 6.61. The topological polar surface area (TPSA) is 50.8 Å². The summed E-state index contributed by atoms with van der Waals surface area (Å²) < 4.78 is 7.79. The maximum absolute atomic E-state index is 9.69. The first kappa shape index (κ1) is 17.8. The zero-order chi connectivity index (χ0) is 18.5. The van der Waals surface area contributed by atoms with Gasteiger partial charge in [-0.05, 0) is 48.7 Å². The summed E-state index contributed by atoms with van der Waals surface area (Å²) in [7, 11) is 0. The fourth-order valence-electron chi connectivity index (χ4n) is 2.84. The molecule has 4 heteroatoms. The predicted octanol–water partition coefficient (Wildman–Crippen LogP) is 5.16. The number of aryl methyl sites for hydroxylation is 1. The van der Waals surface area contributed by atoms with E-state index < -0.39 is 0 Å². The van der Waals surface area contributed by atoms with Gasteiger partial charge in [0.2, 0.25) is 0 Å². The molecule has 0 aliphatic carbocycles. The van der Waals surface area contributed by atoms with Gasteiger partial charge in [0.25, 0.3) is 0 Å². The van der Waals surface area contributed by atoms with Gasteiger partial charge in [0.05, 0.1) is 23.2 Å². The number of para-hydroxylation sites is 2. The van der Waals surface area contributed by atoms with Crippen LogP contribution in [0.3, 0.4) is 0 Å². The van der Waals surface area contributed by atoms with Crippen molar-refractivity contribution >= 4 is 22.7 Å². The molecule has 1 aromatic heterocycles. The first-order valence-electron chi connectivity index (χ1n) is 8.92. The largest absolute Gasteiger partial charge is 0.493 e. The third-order valence-electron chi connectivity index (χ3n) is 4.11. The van der Waals surface area contributed by atoms with Crippen LogP contribution in [0.5, 0.6) is 5.75 Å². The Labute approximate surface area is 154 Å². The van der Waals surface area contributed by atoms with Crippen molar-refractivity contribution < 1.29 is 4.74 Å². The Morgan fingerprint density at radius 2 is 1.92 bits per heavy atom. The maximum Gasteiger partial charge on any atom is 0.151 e. The van der Waals surface area contributed by atoms with Gasteiger partial charge in [-0.3, -0.25) is 0 Å². The van der Waals surface area contributed by atoms with Crippen LogP contribution < -0.4 is 4.74 Å². The number of rotatable bonds is 6. The normalized spacial score (nSPS) is 11.7. The first-order chi connectivity index (χ1) is 12.6. The van der Waals surface area contributed by atoms with Crippen molar-refractivity contribution in [2.45, 2.75) is 27.3 Å². The Balaban J connectivity index is 1.93. The minimum absolute atomic E-state index is 0.488. The van der Waals surface area contributed by atoms with Gasteiger partial charge in [0.15, 0.2) is 5.82 Å². The van der Waals surface area contributed by atoms with E-state index in [9.17, 15) is 5.26 Å². The van der Waals surface area contributed by atoms with Crippen LogP contribution in [0.1, 0.15) is 32.2 Å². The van der Waals surface area contributed by atoms with Gasteiger partial charge < -0.3 is 9.30 Å². The van der Waals surface area contributed by atoms with Gasteiger partial charge in [-0.2, -0.15) is 5.26 Å². The van der Waals surface area contributed by atoms with Crippen molar-refractivity contribution in [2.75, 3.05) is 6.61 Å². The molecule has 0 spiro atoms. The number of nitriles is 1. The fourth-order valence-corrected chi connectivity index (χ4v) is 2.84. The molecule has 0 fully saturated rings. The highest BCUT2D eigenvalue weighted by atomic mass is 16.5. The van der Waals surface area contributed by atoms with Crippen molar-refractivity contribution in [1.82, 2.24) is 9.55 Å². The molecule has 0 bridgehead atoms. The molecule has 0 amide bonds. The van der Waals surface area contributed by atoms with E-state index >= 15 is 0 Å². The van der Waals surface area contributed by atoms with Crippen LogP contribution in [0.4, 0.5) is 0 Å². The van der Waals surface area contributed by atoms with Crippen LogP contribution in [0.25, 0.3) is 22.7 Å². The summed E-state index contributed by atoms with van der Waals surface area (Å²) in [5.74, 6) is 2.04. The number of ether oxygens (including phenoxy) is 1. The molecule has 0 aliphatic heterocycles. The number of aromatic nitrogens is 2. The third-order valence-corrected chi connectivity index (χ3v) is 4.11. The second-order valence-corrected chi connectivity index (χ2v) is 6.61. The third kappa shape index (κ3) is 3.78. The van der Waals surface area contributed by atoms with Crippen molar-refractivity contribution in [3.63, 3.8) is 0 Å². The molecule has 3 aromatic rings. The van der Waals surface area contributed by atoms with E-state index in [4.69, 9.17) is 4.74 Å². The van der Waals surface area contributed by atoms with Gasteiger partial charge >= 0.3 is 0 Å². The lowest BCUT2D eigenvalue weighted by Crippen LogP contribution is -2.04. The van der Waals surface area contributed by atoms with Crippen molar-refractivity contribution in [1.29, 1.82) is 5.26 Å². The number of nitrogens with zero attached hydrogens (tertiary/aromatic N) is 3. The molecule has 0 radical (unpaired) electrons. The summed E-state index contributed by atoms with van der Waals surface area (Å²) in [5.41, 5.74) is 3.46. The van der Waals surface area contributed by atoms with Crippen LogP contribution in [0.15, 0.2) is 48.5 Å². The zero-order valence-corrected chi connectivity index (χ0v) is 15.4. The van der Waals surface area contributed by atoms with Crippen LogP contribution >= 0.6 is 0 Å². The Morgan fingerprint density at radius 1 is 1.19 bits per heavy atom. The number of benzene rings is 2. The van der Waals surface area contributed by atoms with E-state index in [2.05, 4.69) is 36.4 Å². The number of fused-ring (bicyclic) bond motifs is 1. The molecule has 3 rings (SSSR count). The van der Waals surface area contributed by atoms with Gasteiger partial charge in [-0.25, -0.2) is 4.98 Å². The quantitative estimate of drug-likeness (QED) is 0.580. The molecular formula is C22H23N3O. The van der Waals surface area contributed by atoms with E-state index in [0.717, 1.165) is 28.9 Å². The van der Waals surface area contributed by atoms with Crippen molar-refractivity contribution in [3.8, 4) is 11.8 Å². The van der Waals surface area contributed by atoms with E-state index in [1.165, 1.54) is 0 Å². The molecule has 132 valence electrons. The molecule has 26 heavy (non-hydrogen) atoms. The van der Waals surface area contributed by atoms with Gasteiger partial charge in [0.1, 0.15) is 11.8 Å². The Hall–Kier alpha value is -3.06. The smallest absolute Gasteiger partial charge is 0.151 e. The first-order valence-corrected chi connectivity index (χ1v) is 8.92. The number of imidazole rings is 1. The maximum atomic E-state index is 9.69. The molecule has 0 N–H and O–H groups in total. The Morgan fingerprint density at radius 3 is 2.58 bits per heavy atom. The van der Waals surface area contributed by atoms with E-state index in [1.54, 1.807) is 0 Å². The molecule has 1 heterocycles. The molecule has 0 aliphatic rings. The second kappa shape index (κ2) is 7.88. The lowest BCUT2D eigenvalue weighted by Gasteiger charge is -2.08. The van der Waals surface area contributed by atoms with Gasteiger partial charge in [-0.1, -0.05) is 38.1 Å². The average Bonchev–Trinajstić information content (AvgIpc) is 3.03. The zero-order valence-electron chi connectivity index (χ0n) is 15.4. The number of hydrogen-bond acceptors (Lipinski definition) is 3. The highest BCUT2D eigenvalue weighted by Gasteiger charge is 2.13. The SMILES string of the molecule is CCn1c(/C(C#N)=C\c2ccc(OCC(C)C)cc2)nc2ccccc21. The van der Waals surface area contributed by atoms with Crippen LogP contribution in [-0.4, -0.2) is 16.2 Å². The fraction of sp³-hybridized carbons (Fsp3) is 0.273. The number of allylic oxidation sites excluding steroid dienone is 1. The lowest BCUT2D eigenvalue weighted by molar-refractivity contribution is 0.271. The summed E-state index contributed by atoms with van der Waals surface area (Å²) in [4.78, 5) is 4.66. The minimum Gasteiger partial charge on any atom is -0.493 e. The summed E-state index contributed by atoms with van der Waals surface area (Å²) in [6, 6.07) is 18.1. The van der Waals surface area contributed by atoms with Crippen LogP contribution in [0, 0.1) is 17.2 Å².